The standard InChI is InChI=1S/C17H17FO/c1-12(2)8-13-4-3-5-14(9-13)15-6-7-17(18)16(10-15)11-19/h3-7,9-12H,8H2,1-2H3. The number of hydrogen-bond acceptors (Lipinski definition) is 1. The summed E-state index contributed by atoms with van der Waals surface area (Å²) in [7, 11) is 0. The van der Waals surface area contributed by atoms with E-state index in [-0.39, 0.29) is 5.56 Å². The van der Waals surface area contributed by atoms with Gasteiger partial charge in [-0.3, -0.25) is 4.79 Å². The van der Waals surface area contributed by atoms with Crippen molar-refractivity contribution in [3.05, 3.63) is 59.4 Å². The minimum absolute atomic E-state index is 0.103. The molecule has 2 heteroatoms. The van der Waals surface area contributed by atoms with Gasteiger partial charge < -0.3 is 0 Å². The quantitative estimate of drug-likeness (QED) is 0.736. The summed E-state index contributed by atoms with van der Waals surface area (Å²) >= 11 is 0. The van der Waals surface area contributed by atoms with Crippen molar-refractivity contribution >= 4 is 6.29 Å². The fourth-order valence-electron chi connectivity index (χ4n) is 2.16. The second kappa shape index (κ2) is 5.79. The van der Waals surface area contributed by atoms with Crippen molar-refractivity contribution in [2.24, 2.45) is 5.92 Å². The minimum atomic E-state index is -0.475. The number of halogens is 1. The highest BCUT2D eigenvalue weighted by atomic mass is 19.1. The van der Waals surface area contributed by atoms with Gasteiger partial charge in [-0.25, -0.2) is 4.39 Å². The van der Waals surface area contributed by atoms with Crippen LogP contribution in [0.5, 0.6) is 0 Å². The third-order valence-electron chi connectivity index (χ3n) is 3.03. The zero-order chi connectivity index (χ0) is 13.8. The summed E-state index contributed by atoms with van der Waals surface area (Å²) in [6.45, 7) is 4.35. The third-order valence-corrected chi connectivity index (χ3v) is 3.03. The average Bonchev–Trinajstić information content (AvgIpc) is 2.39. The fourth-order valence-corrected chi connectivity index (χ4v) is 2.16. The number of rotatable bonds is 4. The highest BCUT2D eigenvalue weighted by Gasteiger charge is 2.05. The summed E-state index contributed by atoms with van der Waals surface area (Å²) in [5, 5.41) is 0. The number of carbonyl (C=O) groups is 1. The summed E-state index contributed by atoms with van der Waals surface area (Å²) in [6.07, 6.45) is 1.56. The molecule has 19 heavy (non-hydrogen) atoms. The first-order valence-electron chi connectivity index (χ1n) is 6.44. The topological polar surface area (TPSA) is 17.1 Å². The van der Waals surface area contributed by atoms with Crippen molar-refractivity contribution in [1.82, 2.24) is 0 Å². The Hall–Kier alpha value is -1.96. The Morgan fingerprint density at radius 2 is 1.84 bits per heavy atom. The van der Waals surface area contributed by atoms with Gasteiger partial charge in [0, 0.05) is 0 Å². The molecule has 0 atom stereocenters. The molecule has 0 aliphatic carbocycles. The molecule has 98 valence electrons. The maximum atomic E-state index is 13.3. The van der Waals surface area contributed by atoms with Crippen molar-refractivity contribution in [3.8, 4) is 11.1 Å². The van der Waals surface area contributed by atoms with Crippen LogP contribution in [0.2, 0.25) is 0 Å². The molecule has 0 aromatic heterocycles. The van der Waals surface area contributed by atoms with Crippen molar-refractivity contribution in [1.29, 1.82) is 0 Å². The molecule has 1 nitrogen and oxygen atoms in total. The lowest BCUT2D eigenvalue weighted by Gasteiger charge is -2.08. The minimum Gasteiger partial charge on any atom is -0.298 e. The Bertz CT molecular complexity index is 588. The van der Waals surface area contributed by atoms with E-state index in [1.807, 2.05) is 12.1 Å². The van der Waals surface area contributed by atoms with Gasteiger partial charge in [0.2, 0.25) is 0 Å². The van der Waals surface area contributed by atoms with Crippen LogP contribution in [0.1, 0.15) is 29.8 Å². The van der Waals surface area contributed by atoms with Crippen molar-refractivity contribution in [3.63, 3.8) is 0 Å². The lowest BCUT2D eigenvalue weighted by atomic mass is 9.97. The Morgan fingerprint density at radius 1 is 1.11 bits per heavy atom. The van der Waals surface area contributed by atoms with Gasteiger partial charge >= 0.3 is 0 Å². The van der Waals surface area contributed by atoms with Crippen molar-refractivity contribution < 1.29 is 9.18 Å². The van der Waals surface area contributed by atoms with Crippen LogP contribution < -0.4 is 0 Å². The summed E-state index contributed by atoms with van der Waals surface area (Å²) in [6, 6.07) is 12.8. The van der Waals surface area contributed by atoms with Crippen LogP contribution in [-0.4, -0.2) is 6.29 Å². The third kappa shape index (κ3) is 3.28. The van der Waals surface area contributed by atoms with Crippen LogP contribution in [-0.2, 0) is 6.42 Å². The molecule has 0 spiro atoms. The molecule has 0 heterocycles. The molecule has 0 unspecified atom stereocenters. The summed E-state index contributed by atoms with van der Waals surface area (Å²) < 4.78 is 13.3. The summed E-state index contributed by atoms with van der Waals surface area (Å²) in [4.78, 5) is 10.8. The smallest absolute Gasteiger partial charge is 0.153 e. The first kappa shape index (κ1) is 13.5. The van der Waals surface area contributed by atoms with Gasteiger partial charge in [0.15, 0.2) is 6.29 Å². The van der Waals surface area contributed by atoms with Crippen LogP contribution in [0, 0.1) is 11.7 Å². The maximum Gasteiger partial charge on any atom is 0.153 e. The Balaban J connectivity index is 2.38. The second-order valence-corrected chi connectivity index (χ2v) is 5.15. The number of benzene rings is 2. The summed E-state index contributed by atoms with van der Waals surface area (Å²) in [5.74, 6) is 0.117. The molecule has 0 fully saturated rings. The van der Waals surface area contributed by atoms with E-state index in [1.54, 1.807) is 12.1 Å². The average molecular weight is 256 g/mol. The van der Waals surface area contributed by atoms with E-state index in [4.69, 9.17) is 0 Å². The van der Waals surface area contributed by atoms with Crippen LogP contribution in [0.25, 0.3) is 11.1 Å². The molecule has 2 aromatic rings. The SMILES string of the molecule is CC(C)Cc1cccc(-c2ccc(F)c(C=O)c2)c1. The molecule has 0 radical (unpaired) electrons. The van der Waals surface area contributed by atoms with Gasteiger partial charge in [0.05, 0.1) is 5.56 Å². The van der Waals surface area contributed by atoms with Crippen molar-refractivity contribution in [2.75, 3.05) is 0 Å². The number of hydrogen-bond donors (Lipinski definition) is 0. The monoisotopic (exact) mass is 256 g/mol. The van der Waals surface area contributed by atoms with Gasteiger partial charge in [0.25, 0.3) is 0 Å². The molecule has 2 aromatic carbocycles. The van der Waals surface area contributed by atoms with Gasteiger partial charge in [0.1, 0.15) is 5.82 Å². The fraction of sp³-hybridized carbons (Fsp3) is 0.235. The number of carbonyl (C=O) groups excluding carboxylic acids is 1. The molecule has 0 aliphatic rings. The van der Waals surface area contributed by atoms with Gasteiger partial charge in [-0.15, -0.1) is 0 Å². The molecule has 2 rings (SSSR count). The van der Waals surface area contributed by atoms with E-state index < -0.39 is 5.82 Å². The molecule has 0 saturated carbocycles. The normalized spacial score (nSPS) is 10.7. The Morgan fingerprint density at radius 3 is 2.53 bits per heavy atom. The van der Waals surface area contributed by atoms with E-state index in [9.17, 15) is 9.18 Å². The molecular weight excluding hydrogens is 239 g/mol. The highest BCUT2D eigenvalue weighted by molar-refractivity contribution is 5.79. The van der Waals surface area contributed by atoms with E-state index in [2.05, 4.69) is 26.0 Å². The molecule has 0 bridgehead atoms. The second-order valence-electron chi connectivity index (χ2n) is 5.15. The summed E-state index contributed by atoms with van der Waals surface area (Å²) in [5.41, 5.74) is 3.24. The van der Waals surface area contributed by atoms with Crippen LogP contribution >= 0.6 is 0 Å². The molecule has 0 amide bonds. The lowest BCUT2D eigenvalue weighted by molar-refractivity contribution is 0.112. The van der Waals surface area contributed by atoms with E-state index in [1.165, 1.54) is 11.6 Å². The van der Waals surface area contributed by atoms with Crippen LogP contribution in [0.3, 0.4) is 0 Å². The molecule has 0 N–H and O–H groups in total. The van der Waals surface area contributed by atoms with Crippen molar-refractivity contribution in [2.45, 2.75) is 20.3 Å². The highest BCUT2D eigenvalue weighted by Crippen LogP contribution is 2.23. The van der Waals surface area contributed by atoms with E-state index >= 15 is 0 Å². The largest absolute Gasteiger partial charge is 0.298 e. The first-order chi connectivity index (χ1) is 9.10. The van der Waals surface area contributed by atoms with E-state index in [0.717, 1.165) is 17.5 Å². The Kier molecular flexibility index (Phi) is 4.10. The van der Waals surface area contributed by atoms with E-state index in [0.29, 0.717) is 12.2 Å². The first-order valence-corrected chi connectivity index (χ1v) is 6.44. The Labute approximate surface area is 113 Å². The van der Waals surface area contributed by atoms with Gasteiger partial charge in [-0.1, -0.05) is 44.2 Å². The zero-order valence-corrected chi connectivity index (χ0v) is 11.2. The zero-order valence-electron chi connectivity index (χ0n) is 11.2. The predicted molar refractivity (Wildman–Crippen MR) is 75.8 cm³/mol. The molecule has 0 saturated heterocycles. The van der Waals surface area contributed by atoms with Crippen LogP contribution in [0.4, 0.5) is 4.39 Å². The maximum absolute atomic E-state index is 13.3. The molecular formula is C17H17FO. The predicted octanol–water partition coefficient (Wildman–Crippen LogP) is 4.50. The van der Waals surface area contributed by atoms with Crippen LogP contribution in [0.15, 0.2) is 42.5 Å². The van der Waals surface area contributed by atoms with Gasteiger partial charge in [-0.05, 0) is 41.2 Å². The number of aldehydes is 1. The molecule has 0 aliphatic heterocycles. The lowest BCUT2D eigenvalue weighted by Crippen LogP contribution is -1.94. The van der Waals surface area contributed by atoms with Gasteiger partial charge in [-0.2, -0.15) is 0 Å².